The fraction of sp³-hybridized carbons (Fsp3) is 0.368. The Kier molecular flexibility index (Phi) is 9.11. The molecule has 0 saturated heterocycles. The molecule has 0 aromatic heterocycles. The lowest BCUT2D eigenvalue weighted by Gasteiger charge is -2.20. The van der Waals surface area contributed by atoms with Crippen molar-refractivity contribution in [3.63, 3.8) is 0 Å². The van der Waals surface area contributed by atoms with E-state index in [0.29, 0.717) is 6.04 Å². The summed E-state index contributed by atoms with van der Waals surface area (Å²) in [5.41, 5.74) is 7.74. The second-order valence-electron chi connectivity index (χ2n) is 5.94. The maximum absolute atomic E-state index is 3.60. The van der Waals surface area contributed by atoms with Crippen LogP contribution in [-0.4, -0.2) is 12.6 Å². The highest BCUT2D eigenvalue weighted by molar-refractivity contribution is 5.85. The molecular formula is C19H28Cl2N2. The van der Waals surface area contributed by atoms with Gasteiger partial charge >= 0.3 is 0 Å². The van der Waals surface area contributed by atoms with E-state index >= 15 is 0 Å². The molecule has 0 aliphatic rings. The lowest BCUT2D eigenvalue weighted by atomic mass is 10.1. The van der Waals surface area contributed by atoms with Gasteiger partial charge in [0.2, 0.25) is 0 Å². The van der Waals surface area contributed by atoms with Crippen LogP contribution in [0.3, 0.4) is 0 Å². The van der Waals surface area contributed by atoms with Gasteiger partial charge in [0.1, 0.15) is 0 Å². The number of aryl methyl sites for hydroxylation is 3. The summed E-state index contributed by atoms with van der Waals surface area (Å²) in [5.74, 6) is 0. The lowest BCUT2D eigenvalue weighted by Crippen LogP contribution is -2.25. The van der Waals surface area contributed by atoms with Gasteiger partial charge in [-0.1, -0.05) is 30.3 Å². The highest BCUT2D eigenvalue weighted by Gasteiger charge is 2.07. The molecule has 128 valence electrons. The van der Waals surface area contributed by atoms with Crippen LogP contribution in [0.15, 0.2) is 36.4 Å². The van der Waals surface area contributed by atoms with Gasteiger partial charge in [-0.2, -0.15) is 0 Å². The third kappa shape index (κ3) is 5.63. The molecule has 0 fully saturated rings. The second kappa shape index (κ2) is 9.69. The molecule has 2 N–H and O–H groups in total. The summed E-state index contributed by atoms with van der Waals surface area (Å²) < 4.78 is 0. The first-order valence-electron chi connectivity index (χ1n) is 7.62. The van der Waals surface area contributed by atoms with E-state index in [1.807, 2.05) is 0 Å². The van der Waals surface area contributed by atoms with Crippen molar-refractivity contribution in [1.29, 1.82) is 0 Å². The largest absolute Gasteiger partial charge is 0.383 e. The fourth-order valence-corrected chi connectivity index (χ4v) is 2.57. The number of hydrogen-bond donors (Lipinski definition) is 2. The van der Waals surface area contributed by atoms with Gasteiger partial charge in [-0.25, -0.2) is 0 Å². The molecule has 0 spiro atoms. The van der Waals surface area contributed by atoms with Crippen LogP contribution in [0.25, 0.3) is 0 Å². The maximum atomic E-state index is 3.60. The first kappa shape index (κ1) is 21.6. The fourth-order valence-electron chi connectivity index (χ4n) is 2.57. The van der Waals surface area contributed by atoms with Crippen LogP contribution in [0.4, 0.5) is 11.4 Å². The zero-order valence-electron chi connectivity index (χ0n) is 14.6. The van der Waals surface area contributed by atoms with Crippen molar-refractivity contribution >= 4 is 36.2 Å². The first-order valence-corrected chi connectivity index (χ1v) is 7.62. The van der Waals surface area contributed by atoms with Gasteiger partial charge in [-0.3, -0.25) is 0 Å². The molecule has 0 aliphatic carbocycles. The molecule has 4 heteroatoms. The molecule has 0 amide bonds. The second-order valence-corrected chi connectivity index (χ2v) is 5.94. The topological polar surface area (TPSA) is 24.1 Å². The minimum absolute atomic E-state index is 0. The predicted molar refractivity (Wildman–Crippen MR) is 108 cm³/mol. The van der Waals surface area contributed by atoms with Gasteiger partial charge in [0, 0.05) is 24.0 Å². The smallest absolute Gasteiger partial charge is 0.0405 e. The normalized spacial score (nSPS) is 11.0. The minimum Gasteiger partial charge on any atom is -0.383 e. The molecule has 0 radical (unpaired) electrons. The zero-order valence-corrected chi connectivity index (χ0v) is 16.2. The number of nitrogens with one attached hydrogen (secondary N) is 2. The summed E-state index contributed by atoms with van der Waals surface area (Å²) in [5, 5.41) is 7.17. The highest BCUT2D eigenvalue weighted by Crippen LogP contribution is 2.21. The number of anilines is 2. The molecular weight excluding hydrogens is 327 g/mol. The Morgan fingerprint density at radius 1 is 0.826 bits per heavy atom. The van der Waals surface area contributed by atoms with E-state index < -0.39 is 0 Å². The summed E-state index contributed by atoms with van der Waals surface area (Å²) in [7, 11) is 0. The number of para-hydroxylation sites is 1. The first-order chi connectivity index (χ1) is 9.99. The summed E-state index contributed by atoms with van der Waals surface area (Å²) >= 11 is 0. The molecule has 0 bridgehead atoms. The standard InChI is InChI=1S/C19H26N2.2ClH/c1-13-8-7-11-18(17(13)5)21-16(4)12-20-19-14(2)9-6-10-15(19)3;;/h6-11,16,20-21H,12H2,1-5H3;2*1H. The zero-order chi connectivity index (χ0) is 15.4. The number of halogens is 2. The van der Waals surface area contributed by atoms with Crippen molar-refractivity contribution in [1.82, 2.24) is 0 Å². The lowest BCUT2D eigenvalue weighted by molar-refractivity contribution is 0.832. The molecule has 0 saturated carbocycles. The molecule has 2 aromatic carbocycles. The van der Waals surface area contributed by atoms with Crippen LogP contribution in [0.2, 0.25) is 0 Å². The van der Waals surface area contributed by atoms with Crippen LogP contribution in [0, 0.1) is 27.7 Å². The SMILES string of the molecule is Cc1cccc(NC(C)CNc2c(C)cccc2C)c1C.Cl.Cl. The third-order valence-electron chi connectivity index (χ3n) is 4.07. The van der Waals surface area contributed by atoms with Crippen molar-refractivity contribution in [2.75, 3.05) is 17.2 Å². The van der Waals surface area contributed by atoms with Crippen LogP contribution in [0.5, 0.6) is 0 Å². The molecule has 2 nitrogen and oxygen atoms in total. The Bertz CT molecular complexity index is 607. The van der Waals surface area contributed by atoms with Crippen LogP contribution >= 0.6 is 24.8 Å². The molecule has 2 aromatic rings. The van der Waals surface area contributed by atoms with Gasteiger partial charge in [0.15, 0.2) is 0 Å². The van der Waals surface area contributed by atoms with Crippen molar-refractivity contribution in [2.45, 2.75) is 40.7 Å². The molecule has 1 unspecified atom stereocenters. The van der Waals surface area contributed by atoms with E-state index in [1.165, 1.54) is 33.6 Å². The minimum atomic E-state index is 0. The van der Waals surface area contributed by atoms with Crippen molar-refractivity contribution in [3.05, 3.63) is 58.7 Å². The third-order valence-corrected chi connectivity index (χ3v) is 4.07. The summed E-state index contributed by atoms with van der Waals surface area (Å²) in [4.78, 5) is 0. The van der Waals surface area contributed by atoms with Crippen LogP contribution in [-0.2, 0) is 0 Å². The van der Waals surface area contributed by atoms with E-state index in [4.69, 9.17) is 0 Å². The van der Waals surface area contributed by atoms with Crippen LogP contribution in [0.1, 0.15) is 29.2 Å². The molecule has 0 heterocycles. The Hall–Kier alpha value is -1.38. The monoisotopic (exact) mass is 354 g/mol. The van der Waals surface area contributed by atoms with Crippen molar-refractivity contribution in [2.24, 2.45) is 0 Å². The summed E-state index contributed by atoms with van der Waals surface area (Å²) in [6, 6.07) is 13.2. The highest BCUT2D eigenvalue weighted by atomic mass is 35.5. The molecule has 0 aliphatic heterocycles. The Labute approximate surface area is 152 Å². The maximum Gasteiger partial charge on any atom is 0.0405 e. The Morgan fingerprint density at radius 3 is 1.96 bits per heavy atom. The Balaban J connectivity index is 0.00000242. The molecule has 2 rings (SSSR count). The summed E-state index contributed by atoms with van der Waals surface area (Å²) in [6.45, 7) is 11.7. The van der Waals surface area contributed by atoms with E-state index in [1.54, 1.807) is 0 Å². The molecule has 23 heavy (non-hydrogen) atoms. The quantitative estimate of drug-likeness (QED) is 0.721. The van der Waals surface area contributed by atoms with Gasteiger partial charge in [-0.05, 0) is 62.9 Å². The number of rotatable bonds is 5. The van der Waals surface area contributed by atoms with E-state index in [2.05, 4.69) is 81.7 Å². The van der Waals surface area contributed by atoms with E-state index in [0.717, 1.165) is 6.54 Å². The van der Waals surface area contributed by atoms with Gasteiger partial charge in [-0.15, -0.1) is 24.8 Å². The summed E-state index contributed by atoms with van der Waals surface area (Å²) in [6.07, 6.45) is 0. The number of hydrogen-bond acceptors (Lipinski definition) is 2. The Morgan fingerprint density at radius 2 is 1.35 bits per heavy atom. The van der Waals surface area contributed by atoms with Crippen molar-refractivity contribution in [3.8, 4) is 0 Å². The average molecular weight is 355 g/mol. The predicted octanol–water partition coefficient (Wildman–Crippen LogP) is 5.68. The van der Waals surface area contributed by atoms with Crippen molar-refractivity contribution < 1.29 is 0 Å². The van der Waals surface area contributed by atoms with Crippen LogP contribution < -0.4 is 10.6 Å². The van der Waals surface area contributed by atoms with Gasteiger partial charge < -0.3 is 10.6 Å². The molecule has 1 atom stereocenters. The van der Waals surface area contributed by atoms with Gasteiger partial charge in [0.25, 0.3) is 0 Å². The average Bonchev–Trinajstić information content (AvgIpc) is 2.43. The van der Waals surface area contributed by atoms with Gasteiger partial charge in [0.05, 0.1) is 0 Å². The van der Waals surface area contributed by atoms with E-state index in [9.17, 15) is 0 Å². The number of benzene rings is 2. The van der Waals surface area contributed by atoms with E-state index in [-0.39, 0.29) is 24.8 Å².